The second-order valence-electron chi connectivity index (χ2n) is 21.5. The van der Waals surface area contributed by atoms with E-state index in [4.69, 9.17) is 4.98 Å². The van der Waals surface area contributed by atoms with Crippen LogP contribution in [-0.4, -0.2) is 16.9 Å². The zero-order valence-electron chi connectivity index (χ0n) is 38.2. The third-order valence-electron chi connectivity index (χ3n) is 10.7. The van der Waals surface area contributed by atoms with E-state index in [1.54, 1.807) is 16.4 Å². The molecular formula is C49H81IrN2P2+. The van der Waals surface area contributed by atoms with E-state index < -0.39 is 7.92 Å². The van der Waals surface area contributed by atoms with Gasteiger partial charge in [-0.3, -0.25) is 0 Å². The van der Waals surface area contributed by atoms with Crippen molar-refractivity contribution in [3.63, 3.8) is 0 Å². The average Bonchev–Trinajstić information content (AvgIpc) is 3.25. The number of rotatable bonds is 7. The van der Waals surface area contributed by atoms with Crippen molar-refractivity contribution in [3.8, 4) is 0 Å². The van der Waals surface area contributed by atoms with Crippen LogP contribution in [0.3, 0.4) is 0 Å². The summed E-state index contributed by atoms with van der Waals surface area (Å²) in [6.07, 6.45) is 7.89. The molecule has 4 rings (SSSR count). The van der Waals surface area contributed by atoms with Crippen molar-refractivity contribution in [2.75, 3.05) is 6.16 Å². The molecule has 5 heteroatoms. The summed E-state index contributed by atoms with van der Waals surface area (Å²) < 4.78 is 0. The standard InChI is InChI=1S/C43H63NP2.C6H14.Ir.H2N/c1-38(2,3)28-21-32(40(7,8)9)36(33(22-28)41(10,11)12)45-25-30-19-18-20-31(44-30)26-46-27-43(16,17)35-24-29(39(4,5)6)23-34(37(35)46)42(13,14)15;1-3-5-6-4-2;;/h18-25H,26-27H2,1-17H3;3-6H2,1-2H3;;1H2/q;;;-1/p+2. The Labute approximate surface area is 351 Å². The zero-order valence-corrected chi connectivity index (χ0v) is 42.6. The van der Waals surface area contributed by atoms with E-state index >= 15 is 0 Å². The van der Waals surface area contributed by atoms with Gasteiger partial charge in [0, 0.05) is 55.7 Å². The Hall–Kier alpha value is -1.20. The van der Waals surface area contributed by atoms with Crippen LogP contribution in [0.25, 0.3) is 6.15 Å². The van der Waals surface area contributed by atoms with E-state index in [0.717, 1.165) is 11.9 Å². The van der Waals surface area contributed by atoms with Gasteiger partial charge in [0.25, 0.3) is 0 Å². The molecular weight excluding hydrogens is 871 g/mol. The van der Waals surface area contributed by atoms with Crippen LogP contribution in [0.2, 0.25) is 0 Å². The van der Waals surface area contributed by atoms with Crippen molar-refractivity contribution in [3.05, 3.63) is 93.4 Å². The number of benzene rings is 2. The van der Waals surface area contributed by atoms with Gasteiger partial charge in [-0.2, -0.15) is 0 Å². The largest absolute Gasteiger partial charge is 0.693 e. The molecule has 2 N–H and O–H groups in total. The molecule has 0 saturated carbocycles. The Balaban J connectivity index is 0.00000168. The number of nitrogens with zero attached hydrogens (tertiary/aromatic N) is 1. The Morgan fingerprint density at radius 2 is 1.11 bits per heavy atom. The van der Waals surface area contributed by atoms with E-state index in [0.29, 0.717) is 8.20 Å². The van der Waals surface area contributed by atoms with Crippen LogP contribution in [0.5, 0.6) is 0 Å². The van der Waals surface area contributed by atoms with Crippen LogP contribution < -0.4 is 10.6 Å². The Morgan fingerprint density at radius 1 is 0.667 bits per heavy atom. The number of fused-ring (bicyclic) bond motifs is 1. The summed E-state index contributed by atoms with van der Waals surface area (Å²) >= 11 is 0. The zero-order chi connectivity index (χ0) is 39.7. The van der Waals surface area contributed by atoms with Crippen molar-refractivity contribution in [1.29, 1.82) is 0 Å². The van der Waals surface area contributed by atoms with E-state index in [1.807, 2.05) is 0 Å². The maximum atomic E-state index is 5.34. The van der Waals surface area contributed by atoms with Gasteiger partial charge in [0.05, 0.1) is 17.2 Å². The predicted octanol–water partition coefficient (Wildman–Crippen LogP) is 14.4. The van der Waals surface area contributed by atoms with Gasteiger partial charge in [0.1, 0.15) is 25.9 Å². The fraction of sp³-hybridized carbons (Fsp3) is 0.633. The first kappa shape index (κ1) is 50.8. The van der Waals surface area contributed by atoms with E-state index in [-0.39, 0.29) is 58.7 Å². The summed E-state index contributed by atoms with van der Waals surface area (Å²) in [6.45, 7) is 44.9. The first-order valence-corrected chi connectivity index (χ1v) is 23.4. The second-order valence-corrected chi connectivity index (χ2v) is 25.0. The fourth-order valence-corrected chi connectivity index (χ4v) is 13.1. The van der Waals surface area contributed by atoms with Crippen molar-refractivity contribution in [1.82, 2.24) is 4.98 Å². The fourth-order valence-electron chi connectivity index (χ4n) is 7.40. The van der Waals surface area contributed by atoms with E-state index in [9.17, 15) is 0 Å². The molecule has 2 unspecified atom stereocenters. The van der Waals surface area contributed by atoms with Crippen LogP contribution in [0.1, 0.15) is 202 Å². The average molecular weight is 952 g/mol. The number of hydrogen-bond donors (Lipinski definition) is 0. The Kier molecular flexibility index (Phi) is 17.9. The molecule has 1 aromatic heterocycles. The van der Waals surface area contributed by atoms with Crippen molar-refractivity contribution in [2.45, 2.75) is 196 Å². The molecule has 2 atom stereocenters. The minimum Gasteiger partial charge on any atom is -0.693 e. The third kappa shape index (κ3) is 13.2. The number of unbranched alkanes of at least 4 members (excludes halogenated alkanes) is 3. The van der Waals surface area contributed by atoms with Gasteiger partial charge in [-0.05, 0) is 50.3 Å². The molecule has 0 aliphatic carbocycles. The molecule has 0 fully saturated rings. The Bertz CT molecular complexity index is 1660. The molecule has 0 bridgehead atoms. The van der Waals surface area contributed by atoms with Crippen LogP contribution in [0, 0.1) is 0 Å². The van der Waals surface area contributed by atoms with Gasteiger partial charge in [0.2, 0.25) is 0 Å². The molecule has 1 radical (unpaired) electrons. The SMILES string of the molecule is CC(C)(C)c1cc(C(C)(C)C)c(/[PH+]=C/c2cccc(C[PH+]3CC(C)(C)c4cc(C(C)(C)C)cc(C(C)(C)C)c43)n2)c(C(C)(C)C)c1.CCCCCC.[Ir].[NH2-]. The first-order valence-electron chi connectivity index (χ1n) is 20.4. The van der Waals surface area contributed by atoms with Crippen LogP contribution >= 0.6 is 16.1 Å². The topological polar surface area (TPSA) is 46.4 Å². The normalized spacial score (nSPS) is 15.9. The number of pyridine rings is 1. The molecule has 2 nitrogen and oxygen atoms in total. The second kappa shape index (κ2) is 19.0. The summed E-state index contributed by atoms with van der Waals surface area (Å²) in [5.41, 5.74) is 12.1. The number of aromatic nitrogens is 1. The van der Waals surface area contributed by atoms with Gasteiger partial charge in [0.15, 0.2) is 5.30 Å². The van der Waals surface area contributed by atoms with Gasteiger partial charge >= 0.3 is 0 Å². The van der Waals surface area contributed by atoms with E-state index in [1.165, 1.54) is 65.1 Å². The summed E-state index contributed by atoms with van der Waals surface area (Å²) in [5.74, 6) is 2.42. The van der Waals surface area contributed by atoms with Crippen molar-refractivity contribution in [2.24, 2.45) is 0 Å². The van der Waals surface area contributed by atoms with Gasteiger partial charge in [-0.15, -0.1) is 0 Å². The summed E-state index contributed by atoms with van der Waals surface area (Å²) in [7, 11) is -0.251. The molecule has 3 aromatic rings. The molecule has 54 heavy (non-hydrogen) atoms. The minimum atomic E-state index is -0.828. The van der Waals surface area contributed by atoms with Crippen LogP contribution in [-0.2, 0) is 58.8 Å². The minimum absolute atomic E-state index is 0. The van der Waals surface area contributed by atoms with Crippen molar-refractivity contribution < 1.29 is 20.1 Å². The quantitative estimate of drug-likeness (QED) is 0.172. The van der Waals surface area contributed by atoms with Gasteiger partial charge in [-0.25, -0.2) is 4.98 Å². The van der Waals surface area contributed by atoms with Crippen molar-refractivity contribution >= 4 is 32.5 Å². The molecule has 0 saturated heterocycles. The van der Waals surface area contributed by atoms with Gasteiger partial charge < -0.3 is 6.15 Å². The summed E-state index contributed by atoms with van der Waals surface area (Å²) in [5, 5.41) is 3.19. The number of hydrogen-bond acceptors (Lipinski definition) is 1. The molecule has 305 valence electrons. The third-order valence-corrected chi connectivity index (χ3v) is 15.3. The molecule has 0 spiro atoms. The maximum absolute atomic E-state index is 5.34. The van der Waals surface area contributed by atoms with E-state index in [2.05, 4.69) is 180 Å². The maximum Gasteiger partial charge on any atom is 0.153 e. The predicted molar refractivity (Wildman–Crippen MR) is 248 cm³/mol. The monoisotopic (exact) mass is 953 g/mol. The molecule has 1 aliphatic rings. The van der Waals surface area contributed by atoms with Gasteiger partial charge in [-0.1, -0.05) is 188 Å². The summed E-state index contributed by atoms with van der Waals surface area (Å²) in [4.78, 5) is 5.34. The molecule has 0 amide bonds. The summed E-state index contributed by atoms with van der Waals surface area (Å²) in [6, 6.07) is 16.8. The van der Waals surface area contributed by atoms with Crippen LogP contribution in [0.4, 0.5) is 0 Å². The number of nitrogens with two attached hydrogens (primary N) is 1. The molecule has 2 aromatic carbocycles. The smallest absolute Gasteiger partial charge is 0.153 e. The molecule has 1 aliphatic heterocycles. The molecule has 2 heterocycles. The van der Waals surface area contributed by atoms with Crippen LogP contribution in [0.15, 0.2) is 42.5 Å². The first-order chi connectivity index (χ1) is 23.6. The Morgan fingerprint density at radius 3 is 1.54 bits per heavy atom.